The number of carbonyl (C=O) groups is 2. The molecule has 2 rings (SSSR count). The molecule has 1 amide bonds. The van der Waals surface area contributed by atoms with Gasteiger partial charge in [0.05, 0.1) is 5.41 Å². The van der Waals surface area contributed by atoms with E-state index in [-0.39, 0.29) is 17.7 Å². The molecule has 1 saturated heterocycles. The summed E-state index contributed by atoms with van der Waals surface area (Å²) in [6.07, 6.45) is -2.27. The number of alkyl halides is 2. The van der Waals surface area contributed by atoms with E-state index in [1.54, 1.807) is 6.92 Å². The minimum atomic E-state index is -2.63. The Hall–Kier alpha value is -1.98. The number of aliphatic carboxylic acids is 1. The van der Waals surface area contributed by atoms with Gasteiger partial charge in [0.15, 0.2) is 0 Å². The number of halogens is 2. The van der Waals surface area contributed by atoms with Crippen molar-refractivity contribution in [2.24, 2.45) is 5.41 Å². The summed E-state index contributed by atoms with van der Waals surface area (Å²) in [7, 11) is 0. The summed E-state index contributed by atoms with van der Waals surface area (Å²) in [6.45, 7) is 2.00. The quantitative estimate of drug-likeness (QED) is 0.927. The summed E-state index contributed by atoms with van der Waals surface area (Å²) in [4.78, 5) is 24.8. The molecule has 1 N–H and O–H groups in total. The topological polar surface area (TPSA) is 57.6 Å². The number of carbonyl (C=O) groups excluding carboxylic acids is 1. The first-order valence-electron chi connectivity index (χ1n) is 6.24. The standard InChI is InChI=1S/C14H15F2NO3/c1-14(13(19)20)5-6-17(8-14)12(18)10-4-2-3-9(7-10)11(15)16/h2-4,7,11H,5-6,8H2,1H3,(H,19,20). The fourth-order valence-electron chi connectivity index (χ4n) is 2.30. The third-order valence-electron chi connectivity index (χ3n) is 3.66. The third kappa shape index (κ3) is 2.64. The largest absolute Gasteiger partial charge is 0.481 e. The van der Waals surface area contributed by atoms with Crippen LogP contribution in [-0.4, -0.2) is 35.0 Å². The summed E-state index contributed by atoms with van der Waals surface area (Å²) in [5.74, 6) is -1.35. The molecular weight excluding hydrogens is 268 g/mol. The predicted molar refractivity (Wildman–Crippen MR) is 67.7 cm³/mol. The highest BCUT2D eigenvalue weighted by molar-refractivity contribution is 5.95. The average molecular weight is 283 g/mol. The van der Waals surface area contributed by atoms with Crippen LogP contribution in [0.15, 0.2) is 24.3 Å². The van der Waals surface area contributed by atoms with Gasteiger partial charge in [-0.1, -0.05) is 12.1 Å². The van der Waals surface area contributed by atoms with E-state index in [0.29, 0.717) is 13.0 Å². The number of carboxylic acid groups (broad SMARTS) is 1. The van der Waals surface area contributed by atoms with E-state index in [1.165, 1.54) is 23.1 Å². The van der Waals surface area contributed by atoms with Crippen molar-refractivity contribution in [1.82, 2.24) is 4.90 Å². The minimum absolute atomic E-state index is 0.0973. The second-order valence-corrected chi connectivity index (χ2v) is 5.27. The van der Waals surface area contributed by atoms with Gasteiger partial charge < -0.3 is 10.0 Å². The molecule has 1 atom stereocenters. The van der Waals surface area contributed by atoms with Gasteiger partial charge >= 0.3 is 5.97 Å². The van der Waals surface area contributed by atoms with Crippen molar-refractivity contribution in [2.75, 3.05) is 13.1 Å². The van der Waals surface area contributed by atoms with Crippen molar-refractivity contribution in [2.45, 2.75) is 19.8 Å². The third-order valence-corrected chi connectivity index (χ3v) is 3.66. The fraction of sp³-hybridized carbons (Fsp3) is 0.429. The maximum Gasteiger partial charge on any atom is 0.311 e. The number of hydrogen-bond donors (Lipinski definition) is 1. The monoisotopic (exact) mass is 283 g/mol. The number of rotatable bonds is 3. The lowest BCUT2D eigenvalue weighted by atomic mass is 9.90. The predicted octanol–water partition coefficient (Wildman–Crippen LogP) is 2.56. The Balaban J connectivity index is 2.17. The van der Waals surface area contributed by atoms with E-state index in [9.17, 15) is 18.4 Å². The Kier molecular flexibility index (Phi) is 3.74. The molecule has 1 heterocycles. The van der Waals surface area contributed by atoms with Crippen LogP contribution in [0, 0.1) is 5.41 Å². The molecule has 0 spiro atoms. The lowest BCUT2D eigenvalue weighted by Gasteiger charge is -2.20. The Morgan fingerprint density at radius 1 is 1.40 bits per heavy atom. The normalized spacial score (nSPS) is 22.3. The van der Waals surface area contributed by atoms with Crippen molar-refractivity contribution >= 4 is 11.9 Å². The second kappa shape index (κ2) is 5.19. The Labute approximate surface area is 115 Å². The molecule has 0 aliphatic carbocycles. The first-order valence-corrected chi connectivity index (χ1v) is 6.24. The summed E-state index contributed by atoms with van der Waals surface area (Å²) >= 11 is 0. The first kappa shape index (κ1) is 14.4. The van der Waals surface area contributed by atoms with Crippen molar-refractivity contribution in [3.05, 3.63) is 35.4 Å². The van der Waals surface area contributed by atoms with Gasteiger partial charge in [0, 0.05) is 24.2 Å². The van der Waals surface area contributed by atoms with Gasteiger partial charge in [-0.25, -0.2) is 8.78 Å². The second-order valence-electron chi connectivity index (χ2n) is 5.27. The number of nitrogens with zero attached hydrogens (tertiary/aromatic N) is 1. The zero-order chi connectivity index (χ0) is 14.9. The highest BCUT2D eigenvalue weighted by atomic mass is 19.3. The van der Waals surface area contributed by atoms with Crippen LogP contribution >= 0.6 is 0 Å². The highest BCUT2D eigenvalue weighted by Crippen LogP contribution is 2.31. The van der Waals surface area contributed by atoms with E-state index < -0.39 is 23.7 Å². The van der Waals surface area contributed by atoms with Crippen LogP contribution in [0.1, 0.15) is 35.7 Å². The summed E-state index contributed by atoms with van der Waals surface area (Å²) in [5.41, 5.74) is -1.01. The molecule has 4 nitrogen and oxygen atoms in total. The number of benzene rings is 1. The molecule has 1 aliphatic heterocycles. The van der Waals surface area contributed by atoms with E-state index in [1.807, 2.05) is 0 Å². The molecule has 1 aliphatic rings. The van der Waals surface area contributed by atoms with Gasteiger partial charge in [-0.15, -0.1) is 0 Å². The van der Waals surface area contributed by atoms with Crippen LogP contribution in [0.5, 0.6) is 0 Å². The van der Waals surface area contributed by atoms with Crippen molar-refractivity contribution in [3.63, 3.8) is 0 Å². The maximum atomic E-state index is 12.6. The van der Waals surface area contributed by atoms with Gasteiger partial charge in [0.1, 0.15) is 0 Å². The molecule has 0 radical (unpaired) electrons. The van der Waals surface area contributed by atoms with Crippen LogP contribution < -0.4 is 0 Å². The van der Waals surface area contributed by atoms with Crippen molar-refractivity contribution in [3.8, 4) is 0 Å². The summed E-state index contributed by atoms with van der Waals surface area (Å²) in [6, 6.07) is 5.28. The van der Waals surface area contributed by atoms with E-state index >= 15 is 0 Å². The fourth-order valence-corrected chi connectivity index (χ4v) is 2.30. The summed E-state index contributed by atoms with van der Waals surface area (Å²) < 4.78 is 25.2. The number of likely N-dealkylation sites (tertiary alicyclic amines) is 1. The van der Waals surface area contributed by atoms with Gasteiger partial charge in [0.25, 0.3) is 12.3 Å². The average Bonchev–Trinajstić information content (AvgIpc) is 2.82. The maximum absolute atomic E-state index is 12.6. The van der Waals surface area contributed by atoms with Crippen molar-refractivity contribution in [1.29, 1.82) is 0 Å². The molecule has 0 saturated carbocycles. The minimum Gasteiger partial charge on any atom is -0.481 e. The van der Waals surface area contributed by atoms with E-state index in [0.717, 1.165) is 6.07 Å². The van der Waals surface area contributed by atoms with Gasteiger partial charge in [-0.3, -0.25) is 9.59 Å². The number of amides is 1. The van der Waals surface area contributed by atoms with Gasteiger partial charge in [-0.2, -0.15) is 0 Å². The van der Waals surface area contributed by atoms with E-state index in [2.05, 4.69) is 0 Å². The molecule has 0 bridgehead atoms. The molecule has 1 unspecified atom stereocenters. The zero-order valence-corrected chi connectivity index (χ0v) is 11.0. The molecule has 20 heavy (non-hydrogen) atoms. The zero-order valence-electron chi connectivity index (χ0n) is 11.0. The lowest BCUT2D eigenvalue weighted by Crippen LogP contribution is -2.34. The SMILES string of the molecule is CC1(C(=O)O)CCN(C(=O)c2cccc(C(F)F)c2)C1. The van der Waals surface area contributed by atoms with Crippen LogP contribution in [0.4, 0.5) is 8.78 Å². The Morgan fingerprint density at radius 3 is 2.65 bits per heavy atom. The highest BCUT2D eigenvalue weighted by Gasteiger charge is 2.42. The smallest absolute Gasteiger partial charge is 0.311 e. The van der Waals surface area contributed by atoms with Crippen LogP contribution in [0.25, 0.3) is 0 Å². The Bertz CT molecular complexity index is 547. The molecule has 1 aromatic rings. The van der Waals surface area contributed by atoms with Gasteiger partial charge in [0.2, 0.25) is 0 Å². The molecule has 0 aromatic heterocycles. The van der Waals surface area contributed by atoms with Crippen LogP contribution in [0.3, 0.4) is 0 Å². The first-order chi connectivity index (χ1) is 9.33. The number of carboxylic acids is 1. The lowest BCUT2D eigenvalue weighted by molar-refractivity contribution is -0.147. The van der Waals surface area contributed by atoms with Crippen LogP contribution in [0.2, 0.25) is 0 Å². The van der Waals surface area contributed by atoms with Crippen LogP contribution in [-0.2, 0) is 4.79 Å². The van der Waals surface area contributed by atoms with E-state index in [4.69, 9.17) is 5.11 Å². The Morgan fingerprint density at radius 2 is 2.10 bits per heavy atom. The molecule has 1 fully saturated rings. The summed E-state index contributed by atoms with van der Waals surface area (Å²) in [5, 5.41) is 9.12. The molecule has 1 aromatic carbocycles. The molecule has 6 heteroatoms. The number of hydrogen-bond acceptors (Lipinski definition) is 2. The molecular formula is C14H15F2NO3. The van der Waals surface area contributed by atoms with Gasteiger partial charge in [-0.05, 0) is 25.5 Å². The van der Waals surface area contributed by atoms with Crippen molar-refractivity contribution < 1.29 is 23.5 Å². The molecule has 108 valence electrons.